The van der Waals surface area contributed by atoms with Gasteiger partial charge in [0.25, 0.3) is 5.56 Å². The zero-order chi connectivity index (χ0) is 28.3. The van der Waals surface area contributed by atoms with Gasteiger partial charge in [-0.3, -0.25) is 4.79 Å². The minimum atomic E-state index is -0.215. The first-order valence-corrected chi connectivity index (χ1v) is 14.4. The second-order valence-corrected chi connectivity index (χ2v) is 10.6. The van der Waals surface area contributed by atoms with Crippen LogP contribution in [0.1, 0.15) is 31.4 Å². The van der Waals surface area contributed by atoms with Crippen LogP contribution in [-0.4, -0.2) is 37.6 Å². The van der Waals surface area contributed by atoms with Gasteiger partial charge in [0.2, 0.25) is 4.96 Å². The third-order valence-corrected chi connectivity index (χ3v) is 7.52. The van der Waals surface area contributed by atoms with Crippen molar-refractivity contribution < 1.29 is 9.47 Å². The summed E-state index contributed by atoms with van der Waals surface area (Å²) in [5.41, 5.74) is 5.10. The summed E-state index contributed by atoms with van der Waals surface area (Å²) in [6.45, 7) is 7.33. The molecule has 3 aromatic heterocycles. The number of thiazole rings is 1. The van der Waals surface area contributed by atoms with Gasteiger partial charge in [0.15, 0.2) is 5.82 Å². The molecule has 0 unspecified atom stereocenters. The van der Waals surface area contributed by atoms with E-state index in [2.05, 4.69) is 23.1 Å². The Balaban J connectivity index is 1.41. The van der Waals surface area contributed by atoms with E-state index in [9.17, 15) is 4.79 Å². The normalized spacial score (nSPS) is 11.8. The van der Waals surface area contributed by atoms with Gasteiger partial charge in [0, 0.05) is 22.9 Å². The smallest absolute Gasteiger partial charge is 0.291 e. The first-order valence-electron chi connectivity index (χ1n) is 13.6. The van der Waals surface area contributed by atoms with Gasteiger partial charge in [-0.15, -0.1) is 5.10 Å². The third-order valence-electron chi connectivity index (χ3n) is 6.57. The Hall–Kier alpha value is -4.76. The molecule has 0 aliphatic heterocycles. The SMILES string of the molecule is CCCOc1ccc(-c2nn(-c3ccccc3)cc2/C=c2\sc3nc(-c4ccc(OCC)cc4)nn3c2=O)cc1C. The molecule has 0 atom stereocenters. The van der Waals surface area contributed by atoms with Gasteiger partial charge in [-0.2, -0.15) is 14.6 Å². The highest BCUT2D eigenvalue weighted by Crippen LogP contribution is 2.29. The number of aryl methyl sites for hydroxylation is 1. The zero-order valence-electron chi connectivity index (χ0n) is 23.1. The number of aromatic nitrogens is 5. The standard InChI is InChI=1S/C32H29N5O3S/c1-4-17-40-27-16-13-23(18-21(27)3)29-24(20-36(34-29)25-9-7-6-8-10-25)19-28-31(38)37-32(41-28)33-30(35-37)22-11-14-26(15-12-22)39-5-2/h6-16,18-20H,4-5,17H2,1-3H3/b28-19-. The highest BCUT2D eigenvalue weighted by molar-refractivity contribution is 7.15. The van der Waals surface area contributed by atoms with Gasteiger partial charge in [0.05, 0.1) is 23.4 Å². The molecule has 8 nitrogen and oxygen atoms in total. The molecule has 0 saturated carbocycles. The highest BCUT2D eigenvalue weighted by Gasteiger charge is 2.16. The van der Waals surface area contributed by atoms with Crippen LogP contribution in [0.3, 0.4) is 0 Å². The van der Waals surface area contributed by atoms with Gasteiger partial charge >= 0.3 is 0 Å². The molecular formula is C32H29N5O3S. The van der Waals surface area contributed by atoms with Crippen LogP contribution < -0.4 is 19.6 Å². The number of para-hydroxylation sites is 1. The number of nitrogens with zero attached hydrogens (tertiary/aromatic N) is 5. The molecule has 0 bridgehead atoms. The van der Waals surface area contributed by atoms with Crippen molar-refractivity contribution in [1.82, 2.24) is 24.4 Å². The van der Waals surface area contributed by atoms with Gasteiger partial charge < -0.3 is 9.47 Å². The predicted molar refractivity (Wildman–Crippen MR) is 162 cm³/mol. The second-order valence-electron chi connectivity index (χ2n) is 9.54. The van der Waals surface area contributed by atoms with Crippen LogP contribution in [0.15, 0.2) is 83.8 Å². The zero-order valence-corrected chi connectivity index (χ0v) is 23.9. The molecule has 0 N–H and O–H groups in total. The molecule has 0 aliphatic carbocycles. The van der Waals surface area contributed by atoms with Crippen LogP contribution in [0.2, 0.25) is 0 Å². The van der Waals surface area contributed by atoms with Crippen molar-refractivity contribution in [1.29, 1.82) is 0 Å². The maximum Gasteiger partial charge on any atom is 0.291 e. The third kappa shape index (κ3) is 5.36. The molecule has 6 aromatic rings. The maximum atomic E-state index is 13.4. The van der Waals surface area contributed by atoms with Crippen molar-refractivity contribution in [3.8, 4) is 39.8 Å². The van der Waals surface area contributed by atoms with Crippen molar-refractivity contribution >= 4 is 22.4 Å². The summed E-state index contributed by atoms with van der Waals surface area (Å²) in [7, 11) is 0. The Morgan fingerprint density at radius 2 is 1.71 bits per heavy atom. The van der Waals surface area contributed by atoms with Crippen molar-refractivity contribution in [3.63, 3.8) is 0 Å². The van der Waals surface area contributed by atoms with E-state index >= 15 is 0 Å². The molecular weight excluding hydrogens is 534 g/mol. The summed E-state index contributed by atoms with van der Waals surface area (Å²) in [5, 5.41) is 9.43. The fourth-order valence-electron chi connectivity index (χ4n) is 4.57. The van der Waals surface area contributed by atoms with Crippen LogP contribution in [-0.2, 0) is 0 Å². The van der Waals surface area contributed by atoms with E-state index in [4.69, 9.17) is 14.6 Å². The minimum absolute atomic E-state index is 0.215. The van der Waals surface area contributed by atoms with E-state index < -0.39 is 0 Å². The molecule has 0 amide bonds. The average molecular weight is 564 g/mol. The lowest BCUT2D eigenvalue weighted by Crippen LogP contribution is -2.23. The molecule has 206 valence electrons. The van der Waals surface area contributed by atoms with Crippen molar-refractivity contribution in [2.45, 2.75) is 27.2 Å². The molecule has 9 heteroatoms. The van der Waals surface area contributed by atoms with E-state index in [0.717, 1.165) is 51.6 Å². The Bertz CT molecular complexity index is 1920. The molecule has 3 aromatic carbocycles. The number of ether oxygens (including phenoxy) is 2. The monoisotopic (exact) mass is 563 g/mol. The van der Waals surface area contributed by atoms with Gasteiger partial charge in [-0.1, -0.05) is 36.5 Å². The number of hydrogen-bond donors (Lipinski definition) is 0. The van der Waals surface area contributed by atoms with E-state index in [1.54, 1.807) is 0 Å². The van der Waals surface area contributed by atoms with E-state index in [-0.39, 0.29) is 5.56 Å². The fourth-order valence-corrected chi connectivity index (χ4v) is 5.46. The van der Waals surface area contributed by atoms with Crippen LogP contribution in [0, 0.1) is 6.92 Å². The van der Waals surface area contributed by atoms with Crippen LogP contribution in [0.5, 0.6) is 11.5 Å². The molecule has 0 aliphatic rings. The van der Waals surface area contributed by atoms with Gasteiger partial charge in [0.1, 0.15) is 17.2 Å². The molecule has 0 saturated heterocycles. The lowest BCUT2D eigenvalue weighted by molar-refractivity contribution is 0.315. The number of hydrogen-bond acceptors (Lipinski definition) is 7. The molecule has 6 rings (SSSR count). The first kappa shape index (κ1) is 26.5. The largest absolute Gasteiger partial charge is 0.494 e. The summed E-state index contributed by atoms with van der Waals surface area (Å²) >= 11 is 1.31. The first-order chi connectivity index (χ1) is 20.0. The van der Waals surface area contributed by atoms with Crippen LogP contribution in [0.25, 0.3) is 39.4 Å². The van der Waals surface area contributed by atoms with Crippen molar-refractivity contribution in [2.75, 3.05) is 13.2 Å². The number of rotatable bonds is 9. The summed E-state index contributed by atoms with van der Waals surface area (Å²) < 4.78 is 15.1. The second kappa shape index (κ2) is 11.4. The van der Waals surface area contributed by atoms with Crippen molar-refractivity contribution in [2.24, 2.45) is 0 Å². The van der Waals surface area contributed by atoms with E-state index in [1.807, 2.05) is 97.5 Å². The van der Waals surface area contributed by atoms with Crippen LogP contribution >= 0.6 is 11.3 Å². The predicted octanol–water partition coefficient (Wildman–Crippen LogP) is 5.71. The van der Waals surface area contributed by atoms with Gasteiger partial charge in [-0.25, -0.2) is 4.68 Å². The van der Waals surface area contributed by atoms with E-state index in [0.29, 0.717) is 28.5 Å². The molecule has 0 fully saturated rings. The molecule has 3 heterocycles. The Morgan fingerprint density at radius 1 is 0.927 bits per heavy atom. The number of fused-ring (bicyclic) bond motifs is 1. The van der Waals surface area contributed by atoms with Gasteiger partial charge in [-0.05, 0) is 86.5 Å². The van der Waals surface area contributed by atoms with Crippen LogP contribution in [0.4, 0.5) is 0 Å². The maximum absolute atomic E-state index is 13.4. The minimum Gasteiger partial charge on any atom is -0.494 e. The molecule has 41 heavy (non-hydrogen) atoms. The summed E-state index contributed by atoms with van der Waals surface area (Å²) in [6, 6.07) is 23.5. The topological polar surface area (TPSA) is 83.5 Å². The number of benzene rings is 3. The molecule has 0 radical (unpaired) electrons. The van der Waals surface area contributed by atoms with Crippen molar-refractivity contribution in [3.05, 3.63) is 105 Å². The summed E-state index contributed by atoms with van der Waals surface area (Å²) in [6.07, 6.45) is 4.76. The Kier molecular flexibility index (Phi) is 7.35. The highest BCUT2D eigenvalue weighted by atomic mass is 32.1. The average Bonchev–Trinajstić information content (AvgIpc) is 3.68. The quantitative estimate of drug-likeness (QED) is 0.224. The summed E-state index contributed by atoms with van der Waals surface area (Å²) in [5.74, 6) is 2.14. The Morgan fingerprint density at radius 3 is 2.41 bits per heavy atom. The lowest BCUT2D eigenvalue weighted by atomic mass is 10.0. The van der Waals surface area contributed by atoms with E-state index in [1.165, 1.54) is 15.9 Å². The molecule has 0 spiro atoms. The summed E-state index contributed by atoms with van der Waals surface area (Å²) in [4.78, 5) is 18.6. The Labute approximate surface area is 241 Å². The fraction of sp³-hybridized carbons (Fsp3) is 0.188. The lowest BCUT2D eigenvalue weighted by Gasteiger charge is -2.09.